The summed E-state index contributed by atoms with van der Waals surface area (Å²) in [5.41, 5.74) is 0.872. The molecule has 0 saturated carbocycles. The Labute approximate surface area is 127 Å². The van der Waals surface area contributed by atoms with Crippen LogP contribution in [0.25, 0.3) is 0 Å². The molecule has 0 aromatic rings. The third-order valence-corrected chi connectivity index (χ3v) is 8.92. The first kappa shape index (κ1) is 19.6. The van der Waals surface area contributed by atoms with E-state index in [-0.39, 0.29) is 16.9 Å². The summed E-state index contributed by atoms with van der Waals surface area (Å²) in [5, 5.41) is 0.220. The van der Waals surface area contributed by atoms with Gasteiger partial charge in [-0.2, -0.15) is 0 Å². The summed E-state index contributed by atoms with van der Waals surface area (Å²) in [7, 11) is -1.75. The maximum absolute atomic E-state index is 11.6. The molecule has 0 bridgehead atoms. The Bertz CT molecular complexity index is 348. The van der Waals surface area contributed by atoms with Crippen LogP contribution in [0.1, 0.15) is 61.3 Å². The lowest BCUT2D eigenvalue weighted by Crippen LogP contribution is -2.45. The van der Waals surface area contributed by atoms with E-state index in [1.165, 1.54) is 0 Å². The quantitative estimate of drug-likeness (QED) is 0.468. The van der Waals surface area contributed by atoms with Crippen molar-refractivity contribution in [3.05, 3.63) is 11.6 Å². The van der Waals surface area contributed by atoms with Gasteiger partial charge in [0.1, 0.15) is 0 Å². The number of carbonyl (C=O) groups excluding carboxylic acids is 1. The van der Waals surface area contributed by atoms with Crippen LogP contribution in [0.5, 0.6) is 0 Å². The number of Topliss-reactive ketones (excluding diaryl/α,β-unsaturated/α-hetero) is 1. The third-order valence-electron chi connectivity index (χ3n) is 4.41. The maximum Gasteiger partial charge on any atom is 0.192 e. The highest BCUT2D eigenvalue weighted by atomic mass is 28.4. The van der Waals surface area contributed by atoms with E-state index >= 15 is 0 Å². The fraction of sp³-hybridized carbons (Fsp3) is 0.824. The smallest absolute Gasteiger partial charge is 0.192 e. The molecule has 0 rings (SSSR count). The van der Waals surface area contributed by atoms with Gasteiger partial charge in [0, 0.05) is 6.42 Å². The van der Waals surface area contributed by atoms with E-state index in [1.54, 1.807) is 0 Å². The first-order chi connectivity index (χ1) is 8.92. The van der Waals surface area contributed by atoms with E-state index in [2.05, 4.69) is 53.8 Å². The number of hydrogen-bond acceptors (Lipinski definition) is 2. The van der Waals surface area contributed by atoms with Crippen LogP contribution in [-0.4, -0.2) is 20.2 Å². The van der Waals surface area contributed by atoms with Gasteiger partial charge in [-0.05, 0) is 43.0 Å². The van der Waals surface area contributed by atoms with Crippen molar-refractivity contribution in [3.8, 4) is 0 Å². The molecule has 0 aliphatic rings. The largest absolute Gasteiger partial charge is 0.413 e. The molecule has 0 N–H and O–H groups in total. The minimum atomic E-state index is -1.75. The van der Waals surface area contributed by atoms with Crippen molar-refractivity contribution in [2.24, 2.45) is 5.92 Å². The van der Waals surface area contributed by atoms with Gasteiger partial charge in [0.2, 0.25) is 0 Å². The highest BCUT2D eigenvalue weighted by Gasteiger charge is 2.39. The first-order valence-corrected chi connectivity index (χ1v) is 10.7. The van der Waals surface area contributed by atoms with E-state index in [1.807, 2.05) is 13.8 Å². The van der Waals surface area contributed by atoms with Crippen molar-refractivity contribution in [3.63, 3.8) is 0 Å². The Balaban J connectivity index is 4.90. The SMILES string of the molecule is CCC(=O)/C(C)=C/C[C@H](O[Si](C)(C)C(C)(C)C)C(C)C. The summed E-state index contributed by atoms with van der Waals surface area (Å²) in [6.07, 6.45) is 3.68. The lowest BCUT2D eigenvalue weighted by molar-refractivity contribution is -0.115. The fourth-order valence-electron chi connectivity index (χ4n) is 1.70. The molecular weight excluding hydrogens is 264 g/mol. The Hall–Kier alpha value is -0.413. The summed E-state index contributed by atoms with van der Waals surface area (Å²) in [4.78, 5) is 11.6. The molecule has 0 saturated heterocycles. The van der Waals surface area contributed by atoms with Crippen molar-refractivity contribution >= 4 is 14.1 Å². The van der Waals surface area contributed by atoms with Gasteiger partial charge in [-0.25, -0.2) is 0 Å². The number of carbonyl (C=O) groups is 1. The highest BCUT2D eigenvalue weighted by molar-refractivity contribution is 6.74. The Morgan fingerprint density at radius 1 is 1.25 bits per heavy atom. The topological polar surface area (TPSA) is 26.3 Å². The Morgan fingerprint density at radius 3 is 2.10 bits per heavy atom. The van der Waals surface area contributed by atoms with Crippen molar-refractivity contribution in [2.45, 2.75) is 85.5 Å². The molecular formula is C17H34O2Si. The summed E-state index contributed by atoms with van der Waals surface area (Å²) in [6.45, 7) is 19.6. The zero-order valence-electron chi connectivity index (χ0n) is 15.0. The minimum absolute atomic E-state index is 0.204. The normalized spacial score (nSPS) is 15.6. The van der Waals surface area contributed by atoms with Crippen molar-refractivity contribution < 1.29 is 9.22 Å². The third kappa shape index (κ3) is 5.92. The average molecular weight is 299 g/mol. The maximum atomic E-state index is 11.6. The van der Waals surface area contributed by atoms with E-state index in [4.69, 9.17) is 4.43 Å². The zero-order valence-corrected chi connectivity index (χ0v) is 16.0. The van der Waals surface area contributed by atoms with Crippen LogP contribution in [0.2, 0.25) is 18.1 Å². The van der Waals surface area contributed by atoms with Crippen LogP contribution < -0.4 is 0 Å². The molecule has 0 amide bonds. The monoisotopic (exact) mass is 298 g/mol. The van der Waals surface area contributed by atoms with Crippen molar-refractivity contribution in [1.82, 2.24) is 0 Å². The summed E-state index contributed by atoms with van der Waals surface area (Å²) in [5.74, 6) is 0.699. The molecule has 0 heterocycles. The van der Waals surface area contributed by atoms with Gasteiger partial charge in [0.25, 0.3) is 0 Å². The Kier molecular flexibility index (Phi) is 7.40. The standard InChI is InChI=1S/C17H34O2Si/c1-10-15(18)14(4)11-12-16(13(2)3)19-20(8,9)17(5,6)7/h11,13,16H,10,12H2,1-9H3/b14-11+/t16-/m0/s1. The van der Waals surface area contributed by atoms with E-state index in [0.717, 1.165) is 12.0 Å². The summed E-state index contributed by atoms with van der Waals surface area (Å²) < 4.78 is 6.51. The molecule has 1 atom stereocenters. The molecule has 0 spiro atoms. The van der Waals surface area contributed by atoms with E-state index in [9.17, 15) is 4.79 Å². The van der Waals surface area contributed by atoms with Gasteiger partial charge < -0.3 is 4.43 Å². The first-order valence-electron chi connectivity index (χ1n) is 7.80. The number of hydrogen-bond donors (Lipinski definition) is 0. The van der Waals surface area contributed by atoms with E-state index < -0.39 is 8.32 Å². The lowest BCUT2D eigenvalue weighted by atomic mass is 10.0. The van der Waals surface area contributed by atoms with Gasteiger partial charge in [-0.15, -0.1) is 0 Å². The zero-order chi connectivity index (χ0) is 16.1. The Morgan fingerprint density at radius 2 is 1.75 bits per heavy atom. The predicted molar refractivity (Wildman–Crippen MR) is 90.6 cm³/mol. The van der Waals surface area contributed by atoms with Gasteiger partial charge in [-0.1, -0.05) is 47.6 Å². The van der Waals surface area contributed by atoms with Crippen LogP contribution in [-0.2, 0) is 9.22 Å². The van der Waals surface area contributed by atoms with Crippen LogP contribution in [0, 0.1) is 5.92 Å². The molecule has 3 heteroatoms. The molecule has 0 aliphatic carbocycles. The molecule has 0 fully saturated rings. The average Bonchev–Trinajstić information content (AvgIpc) is 2.30. The molecule has 20 heavy (non-hydrogen) atoms. The van der Waals surface area contributed by atoms with Gasteiger partial charge in [-0.3, -0.25) is 4.79 Å². The van der Waals surface area contributed by atoms with Crippen molar-refractivity contribution in [1.29, 1.82) is 0 Å². The molecule has 2 nitrogen and oxygen atoms in total. The number of allylic oxidation sites excluding steroid dienone is 1. The van der Waals surface area contributed by atoms with E-state index in [0.29, 0.717) is 12.3 Å². The predicted octanol–water partition coefficient (Wildman–Crippen LogP) is 5.35. The summed E-state index contributed by atoms with van der Waals surface area (Å²) in [6, 6.07) is 0. The molecule has 0 aromatic heterocycles. The van der Waals surface area contributed by atoms with Crippen molar-refractivity contribution in [2.75, 3.05) is 0 Å². The lowest BCUT2D eigenvalue weighted by Gasteiger charge is -2.40. The van der Waals surface area contributed by atoms with Gasteiger partial charge in [0.05, 0.1) is 6.10 Å². The second-order valence-corrected chi connectivity index (χ2v) is 12.3. The van der Waals surface area contributed by atoms with Crippen LogP contribution >= 0.6 is 0 Å². The molecule has 0 radical (unpaired) electrons. The van der Waals surface area contributed by atoms with Crippen LogP contribution in [0.3, 0.4) is 0 Å². The number of ketones is 1. The second-order valence-electron chi connectivity index (χ2n) is 7.56. The van der Waals surface area contributed by atoms with Gasteiger partial charge >= 0.3 is 0 Å². The van der Waals surface area contributed by atoms with Crippen LogP contribution in [0.4, 0.5) is 0 Å². The second kappa shape index (κ2) is 7.55. The highest BCUT2D eigenvalue weighted by Crippen LogP contribution is 2.38. The van der Waals surface area contributed by atoms with Gasteiger partial charge in [0.15, 0.2) is 14.1 Å². The molecule has 118 valence electrons. The molecule has 0 unspecified atom stereocenters. The summed E-state index contributed by atoms with van der Waals surface area (Å²) >= 11 is 0. The van der Waals surface area contributed by atoms with Crippen LogP contribution in [0.15, 0.2) is 11.6 Å². The molecule has 0 aliphatic heterocycles. The molecule has 0 aromatic carbocycles. The number of rotatable bonds is 7. The minimum Gasteiger partial charge on any atom is -0.413 e. The fourth-order valence-corrected chi connectivity index (χ4v) is 3.18.